The molecule has 2 saturated carbocycles. The maximum atomic E-state index is 12.3. The molecule has 2 fully saturated rings. The summed E-state index contributed by atoms with van der Waals surface area (Å²) in [6, 6.07) is 0.269. The number of carbonyl (C=O) groups excluding carboxylic acids is 1. The van der Waals surface area contributed by atoms with E-state index in [9.17, 15) is 4.79 Å². The number of aromatic amines is 1. The normalized spacial score (nSPS) is 21.6. The average molecular weight is 276 g/mol. The second-order valence-electron chi connectivity index (χ2n) is 6.20. The Kier molecular flexibility index (Phi) is 4.03. The van der Waals surface area contributed by atoms with Crippen molar-refractivity contribution in [2.45, 2.75) is 70.3 Å². The van der Waals surface area contributed by atoms with Crippen molar-refractivity contribution in [3.8, 4) is 0 Å². The van der Waals surface area contributed by atoms with E-state index in [1.807, 2.05) is 0 Å². The summed E-state index contributed by atoms with van der Waals surface area (Å²) in [5.74, 6) is 2.19. The molecule has 0 aromatic carbocycles. The minimum absolute atomic E-state index is 0.120. The van der Waals surface area contributed by atoms with Crippen molar-refractivity contribution >= 4 is 5.91 Å². The van der Waals surface area contributed by atoms with Gasteiger partial charge in [-0.05, 0) is 38.0 Å². The van der Waals surface area contributed by atoms with Crippen LogP contribution in [0.25, 0.3) is 0 Å². The maximum Gasteiger partial charge on any atom is 0.291 e. The van der Waals surface area contributed by atoms with Crippen LogP contribution in [-0.4, -0.2) is 27.1 Å². The zero-order valence-electron chi connectivity index (χ0n) is 12.2. The lowest BCUT2D eigenvalue weighted by Crippen LogP contribution is -2.41. The Hall–Kier alpha value is -1.39. The Labute approximate surface area is 119 Å². The molecule has 2 N–H and O–H groups in total. The van der Waals surface area contributed by atoms with Gasteiger partial charge in [0.1, 0.15) is 5.82 Å². The first-order valence-electron chi connectivity index (χ1n) is 8.01. The molecule has 0 radical (unpaired) electrons. The molecule has 3 rings (SSSR count). The first-order valence-corrected chi connectivity index (χ1v) is 8.01. The van der Waals surface area contributed by atoms with Gasteiger partial charge < -0.3 is 5.32 Å². The molecule has 5 nitrogen and oxygen atoms in total. The fraction of sp³-hybridized carbons (Fsp3) is 0.800. The van der Waals surface area contributed by atoms with E-state index in [4.69, 9.17) is 0 Å². The molecule has 0 saturated heterocycles. The van der Waals surface area contributed by atoms with Crippen molar-refractivity contribution in [1.29, 1.82) is 0 Å². The molecule has 1 aromatic heterocycles. The molecule has 0 spiro atoms. The molecule has 1 unspecified atom stereocenters. The summed E-state index contributed by atoms with van der Waals surface area (Å²) in [7, 11) is 0. The van der Waals surface area contributed by atoms with Gasteiger partial charge in [0.2, 0.25) is 5.82 Å². The van der Waals surface area contributed by atoms with Gasteiger partial charge in [0.15, 0.2) is 0 Å². The summed E-state index contributed by atoms with van der Waals surface area (Å²) in [4.78, 5) is 16.6. The molecular formula is C15H24N4O. The molecule has 1 atom stereocenters. The monoisotopic (exact) mass is 276 g/mol. The average Bonchev–Trinajstić information content (AvgIpc) is 3.22. The lowest BCUT2D eigenvalue weighted by molar-refractivity contribution is 0.0901. The van der Waals surface area contributed by atoms with Crippen LogP contribution < -0.4 is 5.32 Å². The van der Waals surface area contributed by atoms with Crippen LogP contribution >= 0.6 is 0 Å². The molecule has 0 aliphatic heterocycles. The fourth-order valence-corrected chi connectivity index (χ4v) is 3.24. The summed E-state index contributed by atoms with van der Waals surface area (Å²) in [5, 5.41) is 10.1. The van der Waals surface area contributed by atoms with Crippen molar-refractivity contribution in [2.75, 3.05) is 0 Å². The fourth-order valence-electron chi connectivity index (χ4n) is 3.24. The Morgan fingerprint density at radius 2 is 2.05 bits per heavy atom. The van der Waals surface area contributed by atoms with Gasteiger partial charge >= 0.3 is 0 Å². The Balaban J connectivity index is 1.60. The summed E-state index contributed by atoms with van der Waals surface area (Å²) in [5.41, 5.74) is 0. The Bertz CT molecular complexity index is 460. The van der Waals surface area contributed by atoms with Gasteiger partial charge in [0, 0.05) is 12.0 Å². The number of nitrogens with zero attached hydrogens (tertiary/aromatic N) is 2. The van der Waals surface area contributed by atoms with E-state index in [2.05, 4.69) is 27.4 Å². The summed E-state index contributed by atoms with van der Waals surface area (Å²) in [6.45, 7) is 2.15. The zero-order chi connectivity index (χ0) is 13.9. The Morgan fingerprint density at radius 3 is 2.70 bits per heavy atom. The predicted molar refractivity (Wildman–Crippen MR) is 76.5 cm³/mol. The highest BCUT2D eigenvalue weighted by Crippen LogP contribution is 2.37. The first kappa shape index (κ1) is 13.6. The van der Waals surface area contributed by atoms with Crippen molar-refractivity contribution in [3.63, 3.8) is 0 Å². The van der Waals surface area contributed by atoms with Gasteiger partial charge in [-0.3, -0.25) is 9.89 Å². The summed E-state index contributed by atoms with van der Waals surface area (Å²) in [6.07, 6.45) is 9.71. The van der Waals surface area contributed by atoms with Crippen LogP contribution in [0.1, 0.15) is 80.7 Å². The van der Waals surface area contributed by atoms with Crippen molar-refractivity contribution in [2.24, 2.45) is 5.92 Å². The molecule has 2 aliphatic carbocycles. The van der Waals surface area contributed by atoms with E-state index < -0.39 is 0 Å². The molecule has 110 valence electrons. The summed E-state index contributed by atoms with van der Waals surface area (Å²) >= 11 is 0. The largest absolute Gasteiger partial charge is 0.346 e. The molecule has 0 bridgehead atoms. The van der Waals surface area contributed by atoms with Crippen LogP contribution in [0.15, 0.2) is 0 Å². The van der Waals surface area contributed by atoms with Crippen molar-refractivity contribution in [1.82, 2.24) is 20.5 Å². The minimum Gasteiger partial charge on any atom is -0.346 e. The van der Waals surface area contributed by atoms with Crippen LogP contribution in [-0.2, 0) is 0 Å². The maximum absolute atomic E-state index is 12.3. The standard InChI is InChI=1S/C15H24N4O/c1-2-12(10-6-4-3-5-7-10)16-15(20)14-17-13(18-19-14)11-8-9-11/h10-12H,2-9H2,1H3,(H,16,20)(H,17,18,19). The number of carbonyl (C=O) groups is 1. The molecule has 2 aliphatic rings. The van der Waals surface area contributed by atoms with E-state index in [0.717, 1.165) is 25.1 Å². The third kappa shape index (κ3) is 3.02. The summed E-state index contributed by atoms with van der Waals surface area (Å²) < 4.78 is 0. The van der Waals surface area contributed by atoms with E-state index in [-0.39, 0.29) is 11.9 Å². The van der Waals surface area contributed by atoms with Gasteiger partial charge in [0.25, 0.3) is 5.91 Å². The molecule has 1 heterocycles. The molecule has 1 amide bonds. The smallest absolute Gasteiger partial charge is 0.291 e. The van der Waals surface area contributed by atoms with E-state index in [1.54, 1.807) is 0 Å². The van der Waals surface area contributed by atoms with Gasteiger partial charge in [-0.1, -0.05) is 26.2 Å². The minimum atomic E-state index is -0.120. The Morgan fingerprint density at radius 1 is 1.30 bits per heavy atom. The van der Waals surface area contributed by atoms with Crippen LogP contribution in [0.3, 0.4) is 0 Å². The number of nitrogens with one attached hydrogen (secondary N) is 2. The number of hydrogen-bond acceptors (Lipinski definition) is 3. The van der Waals surface area contributed by atoms with E-state index in [0.29, 0.717) is 17.7 Å². The highest BCUT2D eigenvalue weighted by Gasteiger charge is 2.29. The zero-order valence-corrected chi connectivity index (χ0v) is 12.2. The number of aromatic nitrogens is 3. The van der Waals surface area contributed by atoms with Crippen molar-refractivity contribution in [3.05, 3.63) is 11.6 Å². The third-order valence-corrected chi connectivity index (χ3v) is 4.65. The van der Waals surface area contributed by atoms with Gasteiger partial charge in [0.05, 0.1) is 0 Å². The molecule has 20 heavy (non-hydrogen) atoms. The van der Waals surface area contributed by atoms with Crippen LogP contribution in [0.5, 0.6) is 0 Å². The predicted octanol–water partition coefficient (Wildman–Crippen LogP) is 2.77. The second-order valence-corrected chi connectivity index (χ2v) is 6.20. The quantitative estimate of drug-likeness (QED) is 0.868. The van der Waals surface area contributed by atoms with Gasteiger partial charge in [-0.25, -0.2) is 4.98 Å². The van der Waals surface area contributed by atoms with Crippen molar-refractivity contribution < 1.29 is 4.79 Å². The molecule has 5 heteroatoms. The lowest BCUT2D eigenvalue weighted by atomic mass is 9.83. The number of hydrogen-bond donors (Lipinski definition) is 2. The van der Waals surface area contributed by atoms with Crippen LogP contribution in [0, 0.1) is 5.92 Å². The first-order chi connectivity index (χ1) is 9.78. The highest BCUT2D eigenvalue weighted by molar-refractivity contribution is 5.90. The van der Waals surface area contributed by atoms with E-state index >= 15 is 0 Å². The second kappa shape index (κ2) is 5.94. The highest BCUT2D eigenvalue weighted by atomic mass is 16.2. The van der Waals surface area contributed by atoms with Crippen LogP contribution in [0.2, 0.25) is 0 Å². The van der Waals surface area contributed by atoms with E-state index in [1.165, 1.54) is 32.1 Å². The topological polar surface area (TPSA) is 70.7 Å². The number of H-pyrrole nitrogens is 1. The number of amides is 1. The SMILES string of the molecule is CCC(NC(=O)c1n[nH]c(C2CC2)n1)C1CCCCC1. The molecule has 1 aromatic rings. The van der Waals surface area contributed by atoms with Gasteiger partial charge in [-0.2, -0.15) is 0 Å². The molecular weight excluding hydrogens is 252 g/mol. The number of rotatable bonds is 5. The van der Waals surface area contributed by atoms with Crippen LogP contribution in [0.4, 0.5) is 0 Å². The van der Waals surface area contributed by atoms with Gasteiger partial charge in [-0.15, -0.1) is 5.10 Å². The third-order valence-electron chi connectivity index (χ3n) is 4.65. The lowest BCUT2D eigenvalue weighted by Gasteiger charge is -2.29.